The average molecular weight is 442 g/mol. The van der Waals surface area contributed by atoms with Gasteiger partial charge in [-0.2, -0.15) is 0 Å². The molecule has 1 heterocycles. The van der Waals surface area contributed by atoms with Gasteiger partial charge in [0, 0.05) is 63.3 Å². The lowest BCUT2D eigenvalue weighted by atomic mass is 10.0. The summed E-state index contributed by atoms with van der Waals surface area (Å²) in [7, 11) is 6.23. The fourth-order valence-corrected chi connectivity index (χ4v) is 3.67. The summed E-state index contributed by atoms with van der Waals surface area (Å²) in [6.07, 6.45) is 2.88. The van der Waals surface area contributed by atoms with Crippen LogP contribution >= 0.6 is 0 Å². The van der Waals surface area contributed by atoms with E-state index in [1.807, 2.05) is 13.0 Å². The van der Waals surface area contributed by atoms with Crippen LogP contribution in [-0.4, -0.2) is 76.1 Å². The summed E-state index contributed by atoms with van der Waals surface area (Å²) in [5.74, 6) is -0.0107. The Morgan fingerprint density at radius 2 is 1.75 bits per heavy atom. The van der Waals surface area contributed by atoms with Gasteiger partial charge < -0.3 is 25.3 Å². The third-order valence-corrected chi connectivity index (χ3v) is 6.30. The maximum atomic E-state index is 13.2. The molecule has 178 valence electrons. The molecule has 1 saturated heterocycles. The number of hydrogen-bond acceptors (Lipinski definition) is 5. The molecule has 0 aliphatic carbocycles. The third-order valence-electron chi connectivity index (χ3n) is 6.30. The van der Waals surface area contributed by atoms with Crippen molar-refractivity contribution in [3.05, 3.63) is 52.7 Å². The molecule has 2 rings (SSSR count). The summed E-state index contributed by atoms with van der Waals surface area (Å²) in [5, 5.41) is 6.60. The van der Waals surface area contributed by atoms with Crippen molar-refractivity contribution in [2.24, 2.45) is 0 Å². The van der Waals surface area contributed by atoms with Gasteiger partial charge in [0.05, 0.1) is 6.04 Å². The molecule has 1 aliphatic heterocycles. The summed E-state index contributed by atoms with van der Waals surface area (Å²) in [6, 6.07) is 8.55. The predicted molar refractivity (Wildman–Crippen MR) is 136 cm³/mol. The van der Waals surface area contributed by atoms with Crippen molar-refractivity contribution in [2.75, 3.05) is 65.3 Å². The van der Waals surface area contributed by atoms with Crippen molar-refractivity contribution in [2.45, 2.75) is 40.2 Å². The lowest BCUT2D eigenvalue weighted by Crippen LogP contribution is -2.43. The number of likely N-dealkylation sites (N-methyl/N-ethyl adjacent to an activating group) is 2. The zero-order valence-corrected chi connectivity index (χ0v) is 21.2. The first kappa shape index (κ1) is 25.9. The monoisotopic (exact) mass is 441 g/mol. The van der Waals surface area contributed by atoms with E-state index in [4.69, 9.17) is 0 Å². The molecule has 32 heavy (non-hydrogen) atoms. The summed E-state index contributed by atoms with van der Waals surface area (Å²) in [5.41, 5.74) is 5.33. The van der Waals surface area contributed by atoms with Crippen molar-refractivity contribution < 1.29 is 4.79 Å². The fourth-order valence-electron chi connectivity index (χ4n) is 3.67. The highest BCUT2D eigenvalue weighted by atomic mass is 16.1. The number of allylic oxidation sites excluding steroid dienone is 2. The molecule has 0 spiro atoms. The number of benzene rings is 1. The van der Waals surface area contributed by atoms with Crippen LogP contribution in [0.4, 0.5) is 5.69 Å². The Hall–Kier alpha value is -2.31. The molecule has 2 N–H and O–H groups in total. The lowest BCUT2D eigenvalue weighted by Gasteiger charge is -2.29. The van der Waals surface area contributed by atoms with Crippen LogP contribution in [0, 0.1) is 0 Å². The molecule has 1 atom stereocenters. The van der Waals surface area contributed by atoms with E-state index < -0.39 is 0 Å². The van der Waals surface area contributed by atoms with Crippen molar-refractivity contribution in [1.29, 1.82) is 0 Å². The molecule has 1 aliphatic rings. The maximum absolute atomic E-state index is 13.2. The topological polar surface area (TPSA) is 50.9 Å². The van der Waals surface area contributed by atoms with Crippen LogP contribution in [0.25, 0.3) is 0 Å². The molecule has 6 nitrogen and oxygen atoms in total. The Balaban J connectivity index is 2.08. The van der Waals surface area contributed by atoms with Gasteiger partial charge in [-0.25, -0.2) is 0 Å². The van der Waals surface area contributed by atoms with Gasteiger partial charge in [-0.05, 0) is 65.1 Å². The summed E-state index contributed by atoms with van der Waals surface area (Å²) in [6.45, 7) is 14.3. The molecule has 1 aromatic carbocycles. The van der Waals surface area contributed by atoms with Gasteiger partial charge in [0.15, 0.2) is 0 Å². The van der Waals surface area contributed by atoms with Crippen LogP contribution in [0.1, 0.15) is 45.7 Å². The van der Waals surface area contributed by atoms with Crippen molar-refractivity contribution >= 4 is 11.6 Å². The molecule has 0 aromatic heterocycles. The molecule has 6 heteroatoms. The third kappa shape index (κ3) is 7.68. The van der Waals surface area contributed by atoms with Crippen LogP contribution in [-0.2, 0) is 4.79 Å². The summed E-state index contributed by atoms with van der Waals surface area (Å²) < 4.78 is 0. The highest BCUT2D eigenvalue weighted by Gasteiger charge is 2.16. The number of nitrogens with zero attached hydrogens (tertiary/aromatic N) is 3. The quantitative estimate of drug-likeness (QED) is 0.431. The molecule has 0 bridgehead atoms. The lowest BCUT2D eigenvalue weighted by molar-refractivity contribution is -0.117. The van der Waals surface area contributed by atoms with Gasteiger partial charge in [-0.15, -0.1) is 0 Å². The number of carbonyl (C=O) groups excluding carboxylic acids is 1. The fraction of sp³-hybridized carbons (Fsp3) is 0.577. The smallest absolute Gasteiger partial charge is 0.251 e. The summed E-state index contributed by atoms with van der Waals surface area (Å²) in [4.78, 5) is 20.0. The first-order valence-electron chi connectivity index (χ1n) is 11.8. The van der Waals surface area contributed by atoms with Crippen molar-refractivity contribution in [3.8, 4) is 0 Å². The SMILES string of the molecule is CC/C(C)=C(\C=C(/C)N(C)CCN(C)C)C(=O)NC(C)c1ccc(N2CCNCC2)cc1. The zero-order chi connectivity index (χ0) is 23.7. The van der Waals surface area contributed by atoms with E-state index in [2.05, 4.69) is 91.5 Å². The zero-order valence-electron chi connectivity index (χ0n) is 21.2. The number of anilines is 1. The van der Waals surface area contributed by atoms with E-state index in [0.29, 0.717) is 0 Å². The van der Waals surface area contributed by atoms with Crippen molar-refractivity contribution in [1.82, 2.24) is 20.4 Å². The first-order chi connectivity index (χ1) is 15.2. The van der Waals surface area contributed by atoms with Gasteiger partial charge in [0.25, 0.3) is 5.91 Å². The Bertz CT molecular complexity index is 791. The van der Waals surface area contributed by atoms with Gasteiger partial charge in [0.2, 0.25) is 0 Å². The highest BCUT2D eigenvalue weighted by molar-refractivity contribution is 5.97. The minimum Gasteiger partial charge on any atom is -0.377 e. The van der Waals surface area contributed by atoms with E-state index in [1.165, 1.54) is 5.69 Å². The number of rotatable bonds is 10. The number of carbonyl (C=O) groups is 1. The number of piperazine rings is 1. The van der Waals surface area contributed by atoms with Crippen LogP contribution in [0.3, 0.4) is 0 Å². The van der Waals surface area contributed by atoms with Gasteiger partial charge in [0.1, 0.15) is 0 Å². The van der Waals surface area contributed by atoms with E-state index in [1.54, 1.807) is 0 Å². The minimum atomic E-state index is -0.0561. The van der Waals surface area contributed by atoms with Crippen LogP contribution in [0.2, 0.25) is 0 Å². The molecule has 1 unspecified atom stereocenters. The molecular weight excluding hydrogens is 398 g/mol. The maximum Gasteiger partial charge on any atom is 0.251 e. The molecule has 1 amide bonds. The second-order valence-electron chi connectivity index (χ2n) is 9.08. The van der Waals surface area contributed by atoms with Gasteiger partial charge in [-0.3, -0.25) is 4.79 Å². The predicted octanol–water partition coefficient (Wildman–Crippen LogP) is 3.40. The Labute approximate surface area is 195 Å². The van der Waals surface area contributed by atoms with Crippen LogP contribution in [0.5, 0.6) is 0 Å². The normalized spacial score (nSPS) is 16.6. The Morgan fingerprint density at radius 3 is 2.31 bits per heavy atom. The van der Waals surface area contributed by atoms with Gasteiger partial charge >= 0.3 is 0 Å². The van der Waals surface area contributed by atoms with Crippen LogP contribution < -0.4 is 15.5 Å². The van der Waals surface area contributed by atoms with E-state index in [9.17, 15) is 4.79 Å². The average Bonchev–Trinajstić information content (AvgIpc) is 2.80. The van der Waals surface area contributed by atoms with E-state index in [-0.39, 0.29) is 11.9 Å². The second-order valence-corrected chi connectivity index (χ2v) is 9.08. The molecule has 0 saturated carbocycles. The minimum absolute atomic E-state index is 0.0107. The van der Waals surface area contributed by atoms with Crippen molar-refractivity contribution in [3.63, 3.8) is 0 Å². The highest BCUT2D eigenvalue weighted by Crippen LogP contribution is 2.21. The number of hydrogen-bond donors (Lipinski definition) is 2. The standard InChI is InChI=1S/C26H43N5O/c1-8-20(2)25(19-21(3)30(7)18-17-29(5)6)26(32)28-22(4)23-9-11-24(12-10-23)31-15-13-27-14-16-31/h9-12,19,22,27H,8,13-18H2,1-7H3,(H,28,32)/b21-19+,25-20+. The number of nitrogens with one attached hydrogen (secondary N) is 2. The number of amides is 1. The van der Waals surface area contributed by atoms with Gasteiger partial charge in [-0.1, -0.05) is 24.6 Å². The molecule has 0 radical (unpaired) electrons. The Kier molecular flexibility index (Phi) is 10.3. The largest absolute Gasteiger partial charge is 0.377 e. The second kappa shape index (κ2) is 12.7. The van der Waals surface area contributed by atoms with Crippen LogP contribution in [0.15, 0.2) is 47.2 Å². The van der Waals surface area contributed by atoms with E-state index >= 15 is 0 Å². The Morgan fingerprint density at radius 1 is 1.12 bits per heavy atom. The van der Waals surface area contributed by atoms with E-state index in [0.717, 1.165) is 68.1 Å². The molecule has 1 fully saturated rings. The first-order valence-corrected chi connectivity index (χ1v) is 11.8. The summed E-state index contributed by atoms with van der Waals surface area (Å²) >= 11 is 0. The molecular formula is C26H43N5O. The molecule has 1 aromatic rings.